The van der Waals surface area contributed by atoms with Gasteiger partial charge in [-0.25, -0.2) is 14.4 Å². The predicted molar refractivity (Wildman–Crippen MR) is 65.4 cm³/mol. The Balaban J connectivity index is 1.94. The maximum Gasteiger partial charge on any atom is 0.125 e. The minimum atomic E-state index is -0.359. The number of aromatic nitrogens is 2. The Morgan fingerprint density at radius 1 is 1.28 bits per heavy atom. The van der Waals surface area contributed by atoms with E-state index in [0.29, 0.717) is 24.5 Å². The fraction of sp³-hybridized carbons (Fsp3) is 0.231. The summed E-state index contributed by atoms with van der Waals surface area (Å²) >= 11 is 0. The van der Waals surface area contributed by atoms with Crippen LogP contribution in [0, 0.1) is 12.7 Å². The molecular formula is C13H14FN3O. The van der Waals surface area contributed by atoms with Gasteiger partial charge < -0.3 is 10.4 Å². The molecule has 94 valence electrons. The molecule has 0 spiro atoms. The fourth-order valence-corrected chi connectivity index (χ4v) is 1.62. The Hall–Kier alpha value is -2.01. The second-order valence-corrected chi connectivity index (χ2v) is 3.97. The Bertz CT molecular complexity index is 546. The molecule has 5 heteroatoms. The Morgan fingerprint density at radius 2 is 2.11 bits per heavy atom. The number of aryl methyl sites for hydroxylation is 1. The molecule has 0 aliphatic rings. The van der Waals surface area contributed by atoms with Crippen molar-refractivity contribution >= 4 is 0 Å². The summed E-state index contributed by atoms with van der Waals surface area (Å²) < 4.78 is 13.0. The quantitative estimate of drug-likeness (QED) is 0.866. The summed E-state index contributed by atoms with van der Waals surface area (Å²) in [7, 11) is 0. The number of hydrogen-bond donors (Lipinski definition) is 2. The first kappa shape index (κ1) is 12.4. The number of hydrogen-bond acceptors (Lipinski definition) is 4. The van der Waals surface area contributed by atoms with Crippen molar-refractivity contribution in [3.63, 3.8) is 0 Å². The molecule has 0 bridgehead atoms. The van der Waals surface area contributed by atoms with Gasteiger partial charge in [0.2, 0.25) is 0 Å². The van der Waals surface area contributed by atoms with Gasteiger partial charge in [-0.2, -0.15) is 0 Å². The lowest BCUT2D eigenvalue weighted by molar-refractivity contribution is 0.461. The Kier molecular flexibility index (Phi) is 3.84. The smallest absolute Gasteiger partial charge is 0.125 e. The zero-order valence-corrected chi connectivity index (χ0v) is 10.0. The summed E-state index contributed by atoms with van der Waals surface area (Å²) in [6, 6.07) is 5.70. The molecule has 0 saturated carbocycles. The molecule has 1 heterocycles. The first-order valence-corrected chi connectivity index (χ1v) is 5.62. The molecule has 0 aliphatic carbocycles. The predicted octanol–water partition coefficient (Wildman–Crippen LogP) is 1.92. The number of benzene rings is 1. The third-order valence-electron chi connectivity index (χ3n) is 2.50. The van der Waals surface area contributed by atoms with Crippen molar-refractivity contribution in [3.05, 3.63) is 53.4 Å². The van der Waals surface area contributed by atoms with Gasteiger partial charge in [0.1, 0.15) is 17.4 Å². The first-order chi connectivity index (χ1) is 8.65. The van der Waals surface area contributed by atoms with E-state index < -0.39 is 0 Å². The maximum absolute atomic E-state index is 13.0. The lowest BCUT2D eigenvalue weighted by Crippen LogP contribution is -2.14. The van der Waals surface area contributed by atoms with Gasteiger partial charge in [0, 0.05) is 24.8 Å². The van der Waals surface area contributed by atoms with E-state index in [9.17, 15) is 9.50 Å². The molecule has 2 aromatic rings. The summed E-state index contributed by atoms with van der Waals surface area (Å²) in [5.41, 5.74) is 1.39. The van der Waals surface area contributed by atoms with Gasteiger partial charge >= 0.3 is 0 Å². The third-order valence-corrected chi connectivity index (χ3v) is 2.50. The van der Waals surface area contributed by atoms with Crippen molar-refractivity contribution in [3.8, 4) is 5.75 Å². The van der Waals surface area contributed by atoms with E-state index in [2.05, 4.69) is 15.3 Å². The molecule has 1 aromatic heterocycles. The minimum absolute atomic E-state index is 0.0859. The number of phenols is 1. The zero-order chi connectivity index (χ0) is 13.0. The molecular weight excluding hydrogens is 233 g/mol. The number of phenolic OH excluding ortho intramolecular Hbond substituents is 1. The highest BCUT2D eigenvalue weighted by Gasteiger charge is 2.03. The van der Waals surface area contributed by atoms with E-state index in [1.54, 1.807) is 6.20 Å². The molecule has 0 atom stereocenters. The molecule has 1 aromatic carbocycles. The molecule has 0 radical (unpaired) electrons. The van der Waals surface area contributed by atoms with E-state index in [1.807, 2.05) is 13.0 Å². The molecule has 2 N–H and O–H groups in total. The summed E-state index contributed by atoms with van der Waals surface area (Å²) in [5, 5.41) is 12.6. The van der Waals surface area contributed by atoms with Crippen LogP contribution in [0.1, 0.15) is 17.1 Å². The average Bonchev–Trinajstić information content (AvgIpc) is 2.34. The van der Waals surface area contributed by atoms with Gasteiger partial charge in [0.25, 0.3) is 0 Å². The minimum Gasteiger partial charge on any atom is -0.508 e. The van der Waals surface area contributed by atoms with Crippen LogP contribution >= 0.6 is 0 Å². The van der Waals surface area contributed by atoms with Crippen LogP contribution in [0.5, 0.6) is 5.75 Å². The van der Waals surface area contributed by atoms with E-state index in [0.717, 1.165) is 5.69 Å². The summed E-state index contributed by atoms with van der Waals surface area (Å²) in [6.07, 6.45) is 1.69. The largest absolute Gasteiger partial charge is 0.508 e. The second kappa shape index (κ2) is 5.55. The summed E-state index contributed by atoms with van der Waals surface area (Å²) in [6.45, 7) is 2.74. The molecule has 18 heavy (non-hydrogen) atoms. The normalized spacial score (nSPS) is 10.6. The van der Waals surface area contributed by atoms with E-state index in [-0.39, 0.29) is 11.6 Å². The zero-order valence-electron chi connectivity index (χ0n) is 10.0. The van der Waals surface area contributed by atoms with E-state index >= 15 is 0 Å². The van der Waals surface area contributed by atoms with Crippen LogP contribution in [-0.4, -0.2) is 15.1 Å². The Labute approximate surface area is 105 Å². The molecule has 4 nitrogen and oxygen atoms in total. The molecule has 0 amide bonds. The SMILES string of the molecule is Cc1nccc(CNCc2cc(F)ccc2O)n1. The van der Waals surface area contributed by atoms with Gasteiger partial charge in [-0.3, -0.25) is 0 Å². The average molecular weight is 247 g/mol. The van der Waals surface area contributed by atoms with Crippen LogP contribution in [0.3, 0.4) is 0 Å². The molecule has 2 rings (SSSR count). The van der Waals surface area contributed by atoms with Crippen molar-refractivity contribution in [2.75, 3.05) is 0 Å². The summed E-state index contributed by atoms with van der Waals surface area (Å²) in [5.74, 6) is 0.438. The molecule has 0 fully saturated rings. The van der Waals surface area contributed by atoms with E-state index in [1.165, 1.54) is 18.2 Å². The van der Waals surface area contributed by atoms with Gasteiger partial charge in [-0.05, 0) is 31.2 Å². The van der Waals surface area contributed by atoms with Crippen molar-refractivity contribution < 1.29 is 9.50 Å². The van der Waals surface area contributed by atoms with Crippen LogP contribution in [0.25, 0.3) is 0 Å². The molecule has 0 unspecified atom stereocenters. The Morgan fingerprint density at radius 3 is 2.89 bits per heavy atom. The maximum atomic E-state index is 13.0. The van der Waals surface area contributed by atoms with Crippen LogP contribution in [0.15, 0.2) is 30.5 Å². The van der Waals surface area contributed by atoms with Gasteiger partial charge in [-0.1, -0.05) is 0 Å². The molecule has 0 aliphatic heterocycles. The number of aromatic hydroxyl groups is 1. The highest BCUT2D eigenvalue weighted by atomic mass is 19.1. The topological polar surface area (TPSA) is 58.0 Å². The molecule has 0 saturated heterocycles. The first-order valence-electron chi connectivity index (χ1n) is 5.62. The van der Waals surface area contributed by atoms with Crippen LogP contribution < -0.4 is 5.32 Å². The third kappa shape index (κ3) is 3.24. The number of nitrogens with one attached hydrogen (secondary N) is 1. The highest BCUT2D eigenvalue weighted by molar-refractivity contribution is 5.32. The van der Waals surface area contributed by atoms with E-state index in [4.69, 9.17) is 0 Å². The van der Waals surface area contributed by atoms with Gasteiger partial charge in [0.05, 0.1) is 5.69 Å². The lowest BCUT2D eigenvalue weighted by atomic mass is 10.2. The monoisotopic (exact) mass is 247 g/mol. The highest BCUT2D eigenvalue weighted by Crippen LogP contribution is 2.17. The number of rotatable bonds is 4. The van der Waals surface area contributed by atoms with Crippen LogP contribution in [0.2, 0.25) is 0 Å². The van der Waals surface area contributed by atoms with Crippen LogP contribution in [-0.2, 0) is 13.1 Å². The lowest BCUT2D eigenvalue weighted by Gasteiger charge is -2.07. The fourth-order valence-electron chi connectivity index (χ4n) is 1.62. The summed E-state index contributed by atoms with van der Waals surface area (Å²) in [4.78, 5) is 8.24. The van der Waals surface area contributed by atoms with Crippen molar-refractivity contribution in [1.82, 2.24) is 15.3 Å². The standard InChI is InChI=1S/C13H14FN3O/c1-9-16-5-4-12(17-9)8-15-7-10-6-11(14)2-3-13(10)18/h2-6,15,18H,7-8H2,1H3. The van der Waals surface area contributed by atoms with Crippen molar-refractivity contribution in [2.45, 2.75) is 20.0 Å². The number of halogens is 1. The van der Waals surface area contributed by atoms with Gasteiger partial charge in [0.15, 0.2) is 0 Å². The second-order valence-electron chi connectivity index (χ2n) is 3.97. The van der Waals surface area contributed by atoms with Crippen molar-refractivity contribution in [1.29, 1.82) is 0 Å². The van der Waals surface area contributed by atoms with Crippen molar-refractivity contribution in [2.24, 2.45) is 0 Å². The van der Waals surface area contributed by atoms with Crippen LogP contribution in [0.4, 0.5) is 4.39 Å². The number of nitrogens with zero attached hydrogens (tertiary/aromatic N) is 2. The van der Waals surface area contributed by atoms with Gasteiger partial charge in [-0.15, -0.1) is 0 Å².